The maximum atomic E-state index is 5.20. The van der Waals surface area contributed by atoms with E-state index in [9.17, 15) is 0 Å². The average molecular weight is 225 g/mol. The SMILES string of the molecule is C=C(c1cccc(OC)c1)c1cccc(C)n1. The van der Waals surface area contributed by atoms with Gasteiger partial charge in [-0.3, -0.25) is 4.98 Å². The molecular formula is C15H15NO. The standard InChI is InChI=1S/C15H15NO/c1-11-6-4-9-15(16-11)12(2)13-7-5-8-14(10-13)17-3/h4-10H,2H2,1,3H3. The molecule has 0 saturated heterocycles. The van der Waals surface area contributed by atoms with Crippen molar-refractivity contribution in [2.24, 2.45) is 0 Å². The van der Waals surface area contributed by atoms with Gasteiger partial charge < -0.3 is 4.74 Å². The fourth-order valence-corrected chi connectivity index (χ4v) is 1.67. The molecule has 2 nitrogen and oxygen atoms in total. The molecule has 0 aliphatic carbocycles. The predicted octanol–water partition coefficient (Wildman–Crippen LogP) is 3.46. The van der Waals surface area contributed by atoms with Crippen LogP contribution in [0.25, 0.3) is 5.57 Å². The lowest BCUT2D eigenvalue weighted by Crippen LogP contribution is -1.92. The Hall–Kier alpha value is -2.09. The van der Waals surface area contributed by atoms with Gasteiger partial charge in [0.2, 0.25) is 0 Å². The van der Waals surface area contributed by atoms with Crippen LogP contribution in [0.4, 0.5) is 0 Å². The van der Waals surface area contributed by atoms with Gasteiger partial charge in [0.05, 0.1) is 12.8 Å². The van der Waals surface area contributed by atoms with Gasteiger partial charge in [-0.2, -0.15) is 0 Å². The summed E-state index contributed by atoms with van der Waals surface area (Å²) < 4.78 is 5.20. The lowest BCUT2D eigenvalue weighted by molar-refractivity contribution is 0.414. The molecule has 0 unspecified atom stereocenters. The largest absolute Gasteiger partial charge is 0.497 e. The molecule has 0 radical (unpaired) electrons. The van der Waals surface area contributed by atoms with Gasteiger partial charge in [0.15, 0.2) is 0 Å². The van der Waals surface area contributed by atoms with Gasteiger partial charge in [0, 0.05) is 11.3 Å². The fraction of sp³-hybridized carbons (Fsp3) is 0.133. The van der Waals surface area contributed by atoms with Crippen LogP contribution < -0.4 is 4.74 Å². The summed E-state index contributed by atoms with van der Waals surface area (Å²) in [5.74, 6) is 0.830. The molecule has 0 fully saturated rings. The first-order chi connectivity index (χ1) is 8.20. The third-order valence-electron chi connectivity index (χ3n) is 2.62. The van der Waals surface area contributed by atoms with Gasteiger partial charge >= 0.3 is 0 Å². The molecule has 0 N–H and O–H groups in total. The van der Waals surface area contributed by atoms with Crippen LogP contribution >= 0.6 is 0 Å². The molecule has 1 aromatic heterocycles. The number of methoxy groups -OCH3 is 1. The van der Waals surface area contributed by atoms with Crippen LogP contribution in [0.15, 0.2) is 49.0 Å². The molecule has 0 aliphatic heterocycles. The summed E-state index contributed by atoms with van der Waals surface area (Å²) in [5, 5.41) is 0. The Morgan fingerprint density at radius 1 is 1.18 bits per heavy atom. The highest BCUT2D eigenvalue weighted by molar-refractivity contribution is 5.76. The quantitative estimate of drug-likeness (QED) is 0.798. The number of hydrogen-bond donors (Lipinski definition) is 0. The minimum absolute atomic E-state index is 0.830. The highest BCUT2D eigenvalue weighted by Crippen LogP contribution is 2.23. The van der Waals surface area contributed by atoms with Crippen LogP contribution in [0.1, 0.15) is 17.0 Å². The summed E-state index contributed by atoms with van der Waals surface area (Å²) in [6.45, 7) is 6.07. The molecule has 86 valence electrons. The van der Waals surface area contributed by atoms with Crippen molar-refractivity contribution in [1.82, 2.24) is 4.98 Å². The minimum atomic E-state index is 0.830. The van der Waals surface area contributed by atoms with E-state index in [2.05, 4.69) is 11.6 Å². The molecule has 0 spiro atoms. The maximum absolute atomic E-state index is 5.20. The fourth-order valence-electron chi connectivity index (χ4n) is 1.67. The first kappa shape index (κ1) is 11.4. The first-order valence-corrected chi connectivity index (χ1v) is 5.48. The summed E-state index contributed by atoms with van der Waals surface area (Å²) >= 11 is 0. The molecule has 2 rings (SSSR count). The molecular weight excluding hydrogens is 210 g/mol. The zero-order chi connectivity index (χ0) is 12.3. The zero-order valence-corrected chi connectivity index (χ0v) is 10.1. The average Bonchev–Trinajstić information content (AvgIpc) is 2.38. The summed E-state index contributed by atoms with van der Waals surface area (Å²) in [5.41, 5.74) is 3.83. The van der Waals surface area contributed by atoms with E-state index in [-0.39, 0.29) is 0 Å². The predicted molar refractivity (Wildman–Crippen MR) is 70.1 cm³/mol. The van der Waals surface area contributed by atoms with Crippen molar-refractivity contribution in [3.63, 3.8) is 0 Å². The third-order valence-corrected chi connectivity index (χ3v) is 2.62. The Morgan fingerprint density at radius 3 is 2.65 bits per heavy atom. The summed E-state index contributed by atoms with van der Waals surface area (Å²) in [6, 6.07) is 13.8. The molecule has 1 aromatic carbocycles. The molecule has 2 aromatic rings. The second-order valence-electron chi connectivity index (χ2n) is 3.87. The molecule has 0 atom stereocenters. The van der Waals surface area contributed by atoms with E-state index in [4.69, 9.17) is 4.74 Å². The molecule has 0 bridgehead atoms. The molecule has 0 saturated carbocycles. The first-order valence-electron chi connectivity index (χ1n) is 5.48. The normalized spacial score (nSPS) is 10.0. The highest BCUT2D eigenvalue weighted by atomic mass is 16.5. The molecule has 2 heteroatoms. The number of aryl methyl sites for hydroxylation is 1. The third kappa shape index (κ3) is 2.53. The summed E-state index contributed by atoms with van der Waals surface area (Å²) in [4.78, 5) is 4.46. The second-order valence-corrected chi connectivity index (χ2v) is 3.87. The Labute approximate surface area is 102 Å². The van der Waals surface area contributed by atoms with E-state index in [1.807, 2.05) is 49.4 Å². The minimum Gasteiger partial charge on any atom is -0.497 e. The maximum Gasteiger partial charge on any atom is 0.119 e. The Bertz CT molecular complexity index is 546. The van der Waals surface area contributed by atoms with E-state index in [1.54, 1.807) is 7.11 Å². The summed E-state index contributed by atoms with van der Waals surface area (Å²) in [6.07, 6.45) is 0. The smallest absolute Gasteiger partial charge is 0.119 e. The second kappa shape index (κ2) is 4.83. The van der Waals surface area contributed by atoms with Crippen LogP contribution in [-0.2, 0) is 0 Å². The number of pyridine rings is 1. The highest BCUT2D eigenvalue weighted by Gasteiger charge is 2.04. The van der Waals surface area contributed by atoms with Gasteiger partial charge in [-0.25, -0.2) is 0 Å². The van der Waals surface area contributed by atoms with Crippen molar-refractivity contribution >= 4 is 5.57 Å². The Balaban J connectivity index is 2.36. The van der Waals surface area contributed by atoms with Gasteiger partial charge in [-0.15, -0.1) is 0 Å². The number of ether oxygens (including phenoxy) is 1. The lowest BCUT2D eigenvalue weighted by atomic mass is 10.0. The molecule has 17 heavy (non-hydrogen) atoms. The van der Waals surface area contributed by atoms with Gasteiger partial charge in [0.1, 0.15) is 5.75 Å². The van der Waals surface area contributed by atoms with Crippen molar-refractivity contribution in [3.05, 3.63) is 66.0 Å². The van der Waals surface area contributed by atoms with Crippen LogP contribution in [0.3, 0.4) is 0 Å². The van der Waals surface area contributed by atoms with Crippen molar-refractivity contribution in [3.8, 4) is 5.75 Å². The Morgan fingerprint density at radius 2 is 1.94 bits per heavy atom. The van der Waals surface area contributed by atoms with E-state index >= 15 is 0 Å². The van der Waals surface area contributed by atoms with E-state index in [0.29, 0.717) is 0 Å². The van der Waals surface area contributed by atoms with Crippen molar-refractivity contribution in [2.45, 2.75) is 6.92 Å². The van der Waals surface area contributed by atoms with Crippen molar-refractivity contribution in [2.75, 3.05) is 7.11 Å². The number of benzene rings is 1. The number of rotatable bonds is 3. The van der Waals surface area contributed by atoms with Crippen LogP contribution in [0.2, 0.25) is 0 Å². The molecule has 0 aliphatic rings. The van der Waals surface area contributed by atoms with E-state index in [0.717, 1.165) is 28.3 Å². The summed E-state index contributed by atoms with van der Waals surface area (Å²) in [7, 11) is 1.66. The van der Waals surface area contributed by atoms with Crippen molar-refractivity contribution < 1.29 is 4.74 Å². The van der Waals surface area contributed by atoms with Crippen molar-refractivity contribution in [1.29, 1.82) is 0 Å². The molecule has 0 amide bonds. The van der Waals surface area contributed by atoms with E-state index in [1.165, 1.54) is 0 Å². The molecule has 1 heterocycles. The van der Waals surface area contributed by atoms with Gasteiger partial charge in [0.25, 0.3) is 0 Å². The van der Waals surface area contributed by atoms with Crippen LogP contribution in [0, 0.1) is 6.92 Å². The number of nitrogens with zero attached hydrogens (tertiary/aromatic N) is 1. The monoisotopic (exact) mass is 225 g/mol. The lowest BCUT2D eigenvalue weighted by Gasteiger charge is -2.07. The van der Waals surface area contributed by atoms with Crippen LogP contribution in [-0.4, -0.2) is 12.1 Å². The topological polar surface area (TPSA) is 22.1 Å². The van der Waals surface area contributed by atoms with Gasteiger partial charge in [-0.1, -0.05) is 24.8 Å². The zero-order valence-electron chi connectivity index (χ0n) is 10.1. The van der Waals surface area contributed by atoms with Gasteiger partial charge in [-0.05, 0) is 36.8 Å². The van der Waals surface area contributed by atoms with E-state index < -0.39 is 0 Å². The number of aromatic nitrogens is 1. The number of hydrogen-bond acceptors (Lipinski definition) is 2. The van der Waals surface area contributed by atoms with Crippen LogP contribution in [0.5, 0.6) is 5.75 Å². The Kier molecular flexibility index (Phi) is 3.24.